The number of thioether (sulfide) groups is 1. The van der Waals surface area contributed by atoms with E-state index in [0.29, 0.717) is 6.54 Å². The van der Waals surface area contributed by atoms with Crippen LogP contribution < -0.4 is 16.4 Å². The second-order valence-corrected chi connectivity index (χ2v) is 6.26. The van der Waals surface area contributed by atoms with Crippen LogP contribution in [-0.4, -0.2) is 46.6 Å². The van der Waals surface area contributed by atoms with E-state index in [1.807, 2.05) is 6.26 Å². The molecule has 114 valence electrons. The van der Waals surface area contributed by atoms with Crippen molar-refractivity contribution >= 4 is 29.7 Å². The quantitative estimate of drug-likeness (QED) is 0.538. The van der Waals surface area contributed by atoms with E-state index in [0.717, 1.165) is 25.7 Å². The van der Waals surface area contributed by atoms with Crippen LogP contribution in [0.5, 0.6) is 0 Å². The molecule has 0 aromatic carbocycles. The molecule has 20 heavy (non-hydrogen) atoms. The summed E-state index contributed by atoms with van der Waals surface area (Å²) >= 11 is 1.72. The van der Waals surface area contributed by atoms with Crippen LogP contribution in [0.25, 0.3) is 0 Å². The molecular weight excluding hydrogens is 282 g/mol. The maximum absolute atomic E-state index is 11.7. The molecule has 1 fully saturated rings. The molecule has 1 aliphatic carbocycles. The van der Waals surface area contributed by atoms with Gasteiger partial charge in [0.15, 0.2) is 0 Å². The fraction of sp³-hybridized carbons (Fsp3) is 0.750. The van der Waals surface area contributed by atoms with Crippen LogP contribution in [0.15, 0.2) is 0 Å². The molecule has 0 saturated heterocycles. The molecule has 0 radical (unpaired) electrons. The van der Waals surface area contributed by atoms with E-state index >= 15 is 0 Å². The Bertz CT molecular complexity index is 383. The number of rotatable bonds is 7. The van der Waals surface area contributed by atoms with Crippen molar-refractivity contribution in [1.82, 2.24) is 10.6 Å². The van der Waals surface area contributed by atoms with Gasteiger partial charge in [-0.25, -0.2) is 9.59 Å². The lowest BCUT2D eigenvalue weighted by molar-refractivity contribution is -0.140. The van der Waals surface area contributed by atoms with Gasteiger partial charge in [-0.2, -0.15) is 11.8 Å². The van der Waals surface area contributed by atoms with Crippen molar-refractivity contribution in [3.8, 4) is 0 Å². The van der Waals surface area contributed by atoms with Crippen molar-refractivity contribution in [2.24, 2.45) is 5.73 Å². The van der Waals surface area contributed by atoms with E-state index < -0.39 is 30.4 Å². The van der Waals surface area contributed by atoms with Crippen molar-refractivity contribution < 1.29 is 19.5 Å². The van der Waals surface area contributed by atoms with Gasteiger partial charge in [0.1, 0.15) is 6.04 Å². The van der Waals surface area contributed by atoms with E-state index in [1.54, 1.807) is 11.8 Å². The first-order valence-electron chi connectivity index (χ1n) is 6.49. The minimum atomic E-state index is -1.29. The molecular formula is C12H21N3O4S. The predicted octanol–water partition coefficient (Wildman–Crippen LogP) is 0.290. The second kappa shape index (κ2) is 7.37. The van der Waals surface area contributed by atoms with Gasteiger partial charge in [-0.15, -0.1) is 0 Å². The van der Waals surface area contributed by atoms with Crippen LogP contribution in [0.3, 0.4) is 0 Å². The van der Waals surface area contributed by atoms with Gasteiger partial charge in [-0.05, 0) is 19.1 Å². The molecule has 1 unspecified atom stereocenters. The number of nitrogens with two attached hydrogens (primary N) is 1. The highest BCUT2D eigenvalue weighted by Gasteiger charge is 2.33. The van der Waals surface area contributed by atoms with Crippen molar-refractivity contribution in [1.29, 1.82) is 0 Å². The normalized spacial score (nSPS) is 18.2. The summed E-state index contributed by atoms with van der Waals surface area (Å²) in [6.07, 6.45) is 5.96. The Labute approximate surface area is 122 Å². The molecule has 1 atom stereocenters. The summed E-state index contributed by atoms with van der Waals surface area (Å²) < 4.78 is 0.0414. The first-order valence-corrected chi connectivity index (χ1v) is 7.72. The fourth-order valence-corrected chi connectivity index (χ4v) is 3.24. The molecule has 0 heterocycles. The topological polar surface area (TPSA) is 122 Å². The van der Waals surface area contributed by atoms with Gasteiger partial charge >= 0.3 is 12.0 Å². The summed E-state index contributed by atoms with van der Waals surface area (Å²) in [5.74, 6) is -2.05. The number of hydrogen-bond acceptors (Lipinski definition) is 4. The molecule has 0 spiro atoms. The molecule has 1 aliphatic rings. The smallest absolute Gasteiger partial charge is 0.326 e. The summed E-state index contributed by atoms with van der Waals surface area (Å²) in [7, 11) is 0. The Morgan fingerprint density at radius 2 is 1.95 bits per heavy atom. The number of aliphatic carboxylic acids is 1. The second-order valence-electron chi connectivity index (χ2n) is 4.98. The summed E-state index contributed by atoms with van der Waals surface area (Å²) in [5, 5.41) is 13.8. The number of carboxylic acid groups (broad SMARTS) is 1. The van der Waals surface area contributed by atoms with Crippen molar-refractivity contribution in [3.63, 3.8) is 0 Å². The van der Waals surface area contributed by atoms with Crippen LogP contribution in [0.1, 0.15) is 32.1 Å². The predicted molar refractivity (Wildman–Crippen MR) is 76.5 cm³/mol. The number of primary amides is 1. The highest BCUT2D eigenvalue weighted by atomic mass is 32.2. The molecule has 1 rings (SSSR count). The standard InChI is InChI=1S/C12H21N3O4S/c1-20-12(4-2-3-5-12)7-14-11(19)15-8(10(17)18)6-9(13)16/h8H,2-7H2,1H3,(H2,13,16)(H,17,18)(H2,14,15,19). The number of carbonyl (C=O) groups is 3. The lowest BCUT2D eigenvalue weighted by atomic mass is 10.1. The number of nitrogens with one attached hydrogen (secondary N) is 2. The first kappa shape index (κ1) is 16.6. The third-order valence-electron chi connectivity index (χ3n) is 3.53. The monoisotopic (exact) mass is 303 g/mol. The van der Waals surface area contributed by atoms with Crippen LogP contribution in [0.2, 0.25) is 0 Å². The van der Waals surface area contributed by atoms with E-state index in [2.05, 4.69) is 10.6 Å². The van der Waals surface area contributed by atoms with E-state index in [9.17, 15) is 14.4 Å². The summed E-state index contributed by atoms with van der Waals surface area (Å²) in [6, 6.07) is -1.87. The van der Waals surface area contributed by atoms with Crippen molar-refractivity contribution in [2.75, 3.05) is 12.8 Å². The van der Waals surface area contributed by atoms with Gasteiger partial charge in [0.25, 0.3) is 0 Å². The van der Waals surface area contributed by atoms with Crippen LogP contribution in [0, 0.1) is 0 Å². The van der Waals surface area contributed by atoms with Gasteiger partial charge in [0.05, 0.1) is 6.42 Å². The highest BCUT2D eigenvalue weighted by molar-refractivity contribution is 8.00. The number of amides is 3. The van der Waals surface area contributed by atoms with Gasteiger partial charge in [0.2, 0.25) is 5.91 Å². The molecule has 0 bridgehead atoms. The summed E-state index contributed by atoms with van der Waals surface area (Å²) in [6.45, 7) is 0.489. The zero-order valence-corrected chi connectivity index (χ0v) is 12.3. The zero-order chi connectivity index (χ0) is 15.2. The van der Waals surface area contributed by atoms with Crippen LogP contribution in [0.4, 0.5) is 4.79 Å². The van der Waals surface area contributed by atoms with Crippen LogP contribution >= 0.6 is 11.8 Å². The Morgan fingerprint density at radius 3 is 2.40 bits per heavy atom. The molecule has 0 aromatic rings. The van der Waals surface area contributed by atoms with Crippen molar-refractivity contribution in [3.05, 3.63) is 0 Å². The zero-order valence-electron chi connectivity index (χ0n) is 11.5. The molecule has 7 nitrogen and oxygen atoms in total. The van der Waals surface area contributed by atoms with Gasteiger partial charge in [-0.3, -0.25) is 4.79 Å². The lowest BCUT2D eigenvalue weighted by Crippen LogP contribution is -2.50. The SMILES string of the molecule is CSC1(CNC(=O)NC(CC(N)=O)C(=O)O)CCCC1. The maximum atomic E-state index is 11.7. The average Bonchev–Trinajstić information content (AvgIpc) is 2.84. The fourth-order valence-electron chi connectivity index (χ4n) is 2.32. The Morgan fingerprint density at radius 1 is 1.35 bits per heavy atom. The molecule has 0 aromatic heterocycles. The number of urea groups is 1. The van der Waals surface area contributed by atoms with E-state index in [-0.39, 0.29) is 4.75 Å². The summed E-state index contributed by atoms with van der Waals surface area (Å²) in [5.41, 5.74) is 4.95. The van der Waals surface area contributed by atoms with E-state index in [4.69, 9.17) is 10.8 Å². The third kappa shape index (κ3) is 4.92. The van der Waals surface area contributed by atoms with Crippen molar-refractivity contribution in [2.45, 2.75) is 42.9 Å². The Balaban J connectivity index is 2.45. The highest BCUT2D eigenvalue weighted by Crippen LogP contribution is 2.39. The number of carbonyl (C=O) groups excluding carboxylic acids is 2. The first-order chi connectivity index (χ1) is 9.38. The summed E-state index contributed by atoms with van der Waals surface area (Å²) in [4.78, 5) is 33.3. The Kier molecular flexibility index (Phi) is 6.12. The molecule has 8 heteroatoms. The number of carboxylic acids is 1. The van der Waals surface area contributed by atoms with Gasteiger partial charge < -0.3 is 21.5 Å². The van der Waals surface area contributed by atoms with Gasteiger partial charge in [-0.1, -0.05) is 12.8 Å². The van der Waals surface area contributed by atoms with Gasteiger partial charge in [0, 0.05) is 11.3 Å². The maximum Gasteiger partial charge on any atom is 0.326 e. The third-order valence-corrected chi connectivity index (χ3v) is 4.95. The minimum absolute atomic E-state index is 0.0414. The lowest BCUT2D eigenvalue weighted by Gasteiger charge is -2.27. The molecule has 0 aliphatic heterocycles. The average molecular weight is 303 g/mol. The Hall–Kier alpha value is -1.44. The van der Waals surface area contributed by atoms with Crippen LogP contribution in [-0.2, 0) is 9.59 Å². The molecule has 5 N–H and O–H groups in total. The van der Waals surface area contributed by atoms with E-state index in [1.165, 1.54) is 0 Å². The number of hydrogen-bond donors (Lipinski definition) is 4. The molecule has 1 saturated carbocycles. The largest absolute Gasteiger partial charge is 0.480 e. The minimum Gasteiger partial charge on any atom is -0.480 e. The molecule has 3 amide bonds.